The number of hydrogen-bond donors (Lipinski definition) is 1. The third-order valence-corrected chi connectivity index (χ3v) is 6.65. The van der Waals surface area contributed by atoms with Crippen LogP contribution in [0.1, 0.15) is 44.6 Å². The SMILES string of the molecule is Cc1cccc(NC(=O)N2CC[C@]3(CC[C@@H](C(=O)N4CCCC4)O3)[C@@H](C)C2)c1. The molecule has 0 saturated carbocycles. The number of amides is 3. The maximum Gasteiger partial charge on any atom is 0.321 e. The average Bonchev–Trinajstić information content (AvgIpc) is 3.34. The monoisotopic (exact) mass is 385 g/mol. The van der Waals surface area contributed by atoms with Gasteiger partial charge in [0.25, 0.3) is 5.91 Å². The number of piperidine rings is 1. The summed E-state index contributed by atoms with van der Waals surface area (Å²) in [6, 6.07) is 7.79. The van der Waals surface area contributed by atoms with Gasteiger partial charge in [-0.25, -0.2) is 4.79 Å². The maximum absolute atomic E-state index is 12.7. The number of nitrogens with one attached hydrogen (secondary N) is 1. The van der Waals surface area contributed by atoms with Gasteiger partial charge in [0.1, 0.15) is 6.10 Å². The van der Waals surface area contributed by atoms with Gasteiger partial charge in [-0.15, -0.1) is 0 Å². The molecule has 4 rings (SSSR count). The van der Waals surface area contributed by atoms with E-state index in [4.69, 9.17) is 4.74 Å². The Hall–Kier alpha value is -2.08. The summed E-state index contributed by atoms with van der Waals surface area (Å²) >= 11 is 0. The van der Waals surface area contributed by atoms with Crippen molar-refractivity contribution in [3.63, 3.8) is 0 Å². The molecule has 3 fully saturated rings. The van der Waals surface area contributed by atoms with E-state index in [0.717, 1.165) is 56.4 Å². The Bertz CT molecular complexity index is 746. The Morgan fingerprint density at radius 2 is 1.93 bits per heavy atom. The predicted molar refractivity (Wildman–Crippen MR) is 108 cm³/mol. The van der Waals surface area contributed by atoms with Crippen LogP contribution in [0.5, 0.6) is 0 Å². The number of benzene rings is 1. The molecule has 1 N–H and O–H groups in total. The van der Waals surface area contributed by atoms with Crippen LogP contribution in [0.25, 0.3) is 0 Å². The van der Waals surface area contributed by atoms with Gasteiger partial charge >= 0.3 is 6.03 Å². The molecule has 3 atom stereocenters. The average molecular weight is 386 g/mol. The van der Waals surface area contributed by atoms with E-state index in [0.29, 0.717) is 13.1 Å². The Balaban J connectivity index is 1.34. The normalized spacial score (nSPS) is 30.1. The number of likely N-dealkylation sites (tertiary alicyclic amines) is 2. The molecule has 0 bridgehead atoms. The van der Waals surface area contributed by atoms with Crippen LogP contribution >= 0.6 is 0 Å². The van der Waals surface area contributed by atoms with Gasteiger partial charge in [0.15, 0.2) is 0 Å². The van der Waals surface area contributed by atoms with E-state index in [1.54, 1.807) is 0 Å². The highest BCUT2D eigenvalue weighted by atomic mass is 16.5. The molecule has 3 saturated heterocycles. The maximum atomic E-state index is 12.7. The van der Waals surface area contributed by atoms with Crippen molar-refractivity contribution >= 4 is 17.6 Å². The van der Waals surface area contributed by atoms with Crippen molar-refractivity contribution < 1.29 is 14.3 Å². The number of ether oxygens (including phenoxy) is 1. The minimum atomic E-state index is -0.298. The third kappa shape index (κ3) is 3.75. The van der Waals surface area contributed by atoms with Crippen LogP contribution in [-0.2, 0) is 9.53 Å². The lowest BCUT2D eigenvalue weighted by atomic mass is 9.80. The highest BCUT2D eigenvalue weighted by Crippen LogP contribution is 2.43. The first-order valence-corrected chi connectivity index (χ1v) is 10.6. The van der Waals surface area contributed by atoms with Gasteiger partial charge in [0.05, 0.1) is 5.60 Å². The zero-order chi connectivity index (χ0) is 19.7. The topological polar surface area (TPSA) is 61.9 Å². The summed E-state index contributed by atoms with van der Waals surface area (Å²) in [5.41, 5.74) is 1.68. The summed E-state index contributed by atoms with van der Waals surface area (Å²) in [6.45, 7) is 7.21. The molecule has 3 heterocycles. The van der Waals surface area contributed by atoms with Crippen molar-refractivity contribution in [2.45, 2.75) is 57.7 Å². The molecule has 1 aromatic carbocycles. The lowest BCUT2D eigenvalue weighted by Crippen LogP contribution is -2.54. The molecule has 0 unspecified atom stereocenters. The number of aryl methyl sites for hydroxylation is 1. The van der Waals surface area contributed by atoms with E-state index in [1.165, 1.54) is 0 Å². The molecular weight excluding hydrogens is 354 g/mol. The summed E-state index contributed by atoms with van der Waals surface area (Å²) in [4.78, 5) is 29.2. The van der Waals surface area contributed by atoms with Crippen molar-refractivity contribution in [1.82, 2.24) is 9.80 Å². The van der Waals surface area contributed by atoms with E-state index in [9.17, 15) is 9.59 Å². The molecule has 3 aliphatic rings. The minimum absolute atomic E-state index is 0.0602. The Morgan fingerprint density at radius 3 is 2.64 bits per heavy atom. The number of carbonyl (C=O) groups excluding carboxylic acids is 2. The van der Waals surface area contributed by atoms with Crippen LogP contribution in [0, 0.1) is 12.8 Å². The molecule has 6 heteroatoms. The molecule has 1 aromatic rings. The molecule has 3 aliphatic heterocycles. The molecule has 0 aliphatic carbocycles. The van der Waals surface area contributed by atoms with Crippen molar-refractivity contribution in [3.8, 4) is 0 Å². The first-order chi connectivity index (χ1) is 13.5. The van der Waals surface area contributed by atoms with Gasteiger partial charge < -0.3 is 19.9 Å². The summed E-state index contributed by atoms with van der Waals surface area (Å²) in [7, 11) is 0. The van der Waals surface area contributed by atoms with E-state index in [2.05, 4.69) is 12.2 Å². The lowest BCUT2D eigenvalue weighted by molar-refractivity contribution is -0.154. The van der Waals surface area contributed by atoms with Crippen LogP contribution in [0.15, 0.2) is 24.3 Å². The van der Waals surface area contributed by atoms with E-state index in [1.807, 2.05) is 41.0 Å². The lowest BCUT2D eigenvalue weighted by Gasteiger charge is -2.44. The fraction of sp³-hybridized carbons (Fsp3) is 0.636. The van der Waals surface area contributed by atoms with Gasteiger partial charge in [-0.1, -0.05) is 19.1 Å². The van der Waals surface area contributed by atoms with Gasteiger partial charge in [0, 0.05) is 37.8 Å². The Kier molecular flexibility index (Phi) is 5.32. The van der Waals surface area contributed by atoms with Crippen molar-refractivity contribution in [1.29, 1.82) is 0 Å². The first-order valence-electron chi connectivity index (χ1n) is 10.6. The fourth-order valence-corrected chi connectivity index (χ4v) is 4.91. The number of anilines is 1. The fourth-order valence-electron chi connectivity index (χ4n) is 4.91. The van der Waals surface area contributed by atoms with Crippen LogP contribution in [0.4, 0.5) is 10.5 Å². The van der Waals surface area contributed by atoms with E-state index < -0.39 is 0 Å². The van der Waals surface area contributed by atoms with Crippen molar-refractivity contribution in [2.24, 2.45) is 5.92 Å². The van der Waals surface area contributed by atoms with Gasteiger partial charge in [0.2, 0.25) is 0 Å². The number of carbonyl (C=O) groups is 2. The molecule has 0 aromatic heterocycles. The van der Waals surface area contributed by atoms with Crippen LogP contribution < -0.4 is 5.32 Å². The third-order valence-electron chi connectivity index (χ3n) is 6.65. The Morgan fingerprint density at radius 1 is 1.14 bits per heavy atom. The number of hydrogen-bond acceptors (Lipinski definition) is 3. The largest absolute Gasteiger partial charge is 0.362 e. The molecule has 0 radical (unpaired) electrons. The standard InChI is InChI=1S/C22H31N3O3/c1-16-6-5-7-18(14-16)23-21(27)25-13-10-22(17(2)15-25)9-8-19(28-22)20(26)24-11-3-4-12-24/h5-7,14,17,19H,3-4,8-13,15H2,1-2H3,(H,23,27)/t17-,19-,22+/m0/s1. The molecule has 3 amide bonds. The number of nitrogens with zero attached hydrogens (tertiary/aromatic N) is 2. The zero-order valence-corrected chi connectivity index (χ0v) is 16.9. The summed E-state index contributed by atoms with van der Waals surface area (Å²) in [5.74, 6) is 0.377. The van der Waals surface area contributed by atoms with Crippen LogP contribution in [0.2, 0.25) is 0 Å². The first kappa shape index (κ1) is 19.2. The summed E-state index contributed by atoms with van der Waals surface area (Å²) in [6.07, 6.45) is 4.41. The molecule has 152 valence electrons. The molecule has 6 nitrogen and oxygen atoms in total. The second kappa shape index (κ2) is 7.74. The van der Waals surface area contributed by atoms with Crippen molar-refractivity contribution in [3.05, 3.63) is 29.8 Å². The Labute approximate surface area is 167 Å². The predicted octanol–water partition coefficient (Wildman–Crippen LogP) is 3.41. The molecule has 1 spiro atoms. The molecular formula is C22H31N3O3. The summed E-state index contributed by atoms with van der Waals surface area (Å²) < 4.78 is 6.39. The van der Waals surface area contributed by atoms with Crippen molar-refractivity contribution in [2.75, 3.05) is 31.5 Å². The zero-order valence-electron chi connectivity index (χ0n) is 16.9. The second-order valence-corrected chi connectivity index (χ2v) is 8.64. The highest BCUT2D eigenvalue weighted by molar-refractivity contribution is 5.89. The van der Waals surface area contributed by atoms with Crippen LogP contribution in [-0.4, -0.2) is 59.6 Å². The van der Waals surface area contributed by atoms with E-state index >= 15 is 0 Å². The second-order valence-electron chi connectivity index (χ2n) is 8.64. The van der Waals surface area contributed by atoms with Gasteiger partial charge in [-0.2, -0.15) is 0 Å². The minimum Gasteiger partial charge on any atom is -0.362 e. The van der Waals surface area contributed by atoms with E-state index in [-0.39, 0.29) is 29.6 Å². The van der Waals surface area contributed by atoms with Gasteiger partial charge in [-0.3, -0.25) is 4.79 Å². The van der Waals surface area contributed by atoms with Gasteiger partial charge in [-0.05, 0) is 56.7 Å². The highest BCUT2D eigenvalue weighted by Gasteiger charge is 2.50. The summed E-state index contributed by atoms with van der Waals surface area (Å²) in [5, 5.41) is 3.00. The van der Waals surface area contributed by atoms with Crippen LogP contribution in [0.3, 0.4) is 0 Å². The number of rotatable bonds is 2. The quantitative estimate of drug-likeness (QED) is 0.849. The molecule has 28 heavy (non-hydrogen) atoms. The smallest absolute Gasteiger partial charge is 0.321 e. The number of urea groups is 1.